The molecule has 4 aromatic rings. The summed E-state index contributed by atoms with van der Waals surface area (Å²) in [6.07, 6.45) is 4.89. The molecule has 0 fully saturated rings. The Hall–Kier alpha value is -3.39. The van der Waals surface area contributed by atoms with Crippen molar-refractivity contribution in [1.29, 1.82) is 0 Å². The average Bonchev–Trinajstić information content (AvgIpc) is 3.10. The first-order valence-corrected chi connectivity index (χ1v) is 9.42. The first-order valence-electron chi connectivity index (χ1n) is 8.60. The topological polar surface area (TPSA) is 81.8 Å². The number of aromatic nitrogens is 4. The minimum absolute atomic E-state index is 0.0184. The van der Waals surface area contributed by atoms with Crippen molar-refractivity contribution in [3.63, 3.8) is 0 Å². The highest BCUT2D eigenvalue weighted by Gasteiger charge is 2.09. The number of nitrogens with one attached hydrogen (secondary N) is 1. The molecule has 2 heterocycles. The van der Waals surface area contributed by atoms with E-state index in [0.29, 0.717) is 16.6 Å². The van der Waals surface area contributed by atoms with Crippen LogP contribution >= 0.6 is 11.8 Å². The van der Waals surface area contributed by atoms with E-state index >= 15 is 0 Å². The highest BCUT2D eigenvalue weighted by Crippen LogP contribution is 2.26. The van der Waals surface area contributed by atoms with E-state index in [1.807, 2.05) is 48.1 Å². The summed E-state index contributed by atoms with van der Waals surface area (Å²) < 4.78 is 3.47. The van der Waals surface area contributed by atoms with Crippen LogP contribution in [0, 0.1) is 0 Å². The molecule has 0 saturated heterocycles. The highest BCUT2D eigenvalue weighted by atomic mass is 32.2. The smallest absolute Gasteiger partial charge is 0.246 e. The fourth-order valence-corrected chi connectivity index (χ4v) is 3.59. The van der Waals surface area contributed by atoms with Crippen LogP contribution in [-0.4, -0.2) is 25.2 Å². The van der Waals surface area contributed by atoms with Crippen LogP contribution in [0.15, 0.2) is 82.0 Å². The molecular weight excluding hydrogens is 374 g/mol. The zero-order valence-corrected chi connectivity index (χ0v) is 15.9. The van der Waals surface area contributed by atoms with E-state index in [2.05, 4.69) is 15.4 Å². The maximum atomic E-state index is 12.4. The summed E-state index contributed by atoms with van der Waals surface area (Å²) in [7, 11) is 1.94. The van der Waals surface area contributed by atoms with Gasteiger partial charge in [-0.25, -0.2) is 4.98 Å². The molecule has 1 amide bonds. The van der Waals surface area contributed by atoms with Gasteiger partial charge in [0.15, 0.2) is 5.16 Å². The number of fused-ring (bicyclic) bond motifs is 1. The molecule has 0 saturated carbocycles. The highest BCUT2D eigenvalue weighted by molar-refractivity contribution is 7.99. The number of anilines is 1. The second kappa shape index (κ2) is 7.69. The number of rotatable bonds is 5. The van der Waals surface area contributed by atoms with Crippen molar-refractivity contribution in [2.75, 3.05) is 5.32 Å². The van der Waals surface area contributed by atoms with Crippen LogP contribution in [0.3, 0.4) is 0 Å². The number of para-hydroxylation sites is 1. The van der Waals surface area contributed by atoms with E-state index in [1.165, 1.54) is 10.9 Å². The molecule has 0 spiro atoms. The number of imidazole rings is 1. The van der Waals surface area contributed by atoms with Crippen LogP contribution in [-0.2, 0) is 18.4 Å². The maximum Gasteiger partial charge on any atom is 0.246 e. The van der Waals surface area contributed by atoms with E-state index in [4.69, 9.17) is 0 Å². The molecule has 0 aliphatic rings. The molecule has 28 heavy (non-hydrogen) atoms. The monoisotopic (exact) mass is 391 g/mol. The van der Waals surface area contributed by atoms with Crippen molar-refractivity contribution in [3.05, 3.63) is 77.3 Å². The Morgan fingerprint density at radius 2 is 1.93 bits per heavy atom. The molecule has 0 unspecified atom stereocenters. The quantitative estimate of drug-likeness (QED) is 0.566. The normalized spacial score (nSPS) is 10.9. The summed E-state index contributed by atoms with van der Waals surface area (Å²) in [5.74, 6) is -0.217. The zero-order valence-electron chi connectivity index (χ0n) is 15.1. The van der Waals surface area contributed by atoms with Gasteiger partial charge < -0.3 is 9.88 Å². The van der Waals surface area contributed by atoms with Crippen molar-refractivity contribution < 1.29 is 4.79 Å². The van der Waals surface area contributed by atoms with Gasteiger partial charge in [-0.3, -0.25) is 14.3 Å². The lowest BCUT2D eigenvalue weighted by atomic mass is 10.2. The number of carbonyl (C=O) groups excluding carboxylic acids is 1. The molecule has 8 heteroatoms. The Kier molecular flexibility index (Phi) is 4.94. The summed E-state index contributed by atoms with van der Waals surface area (Å²) in [6, 6.07) is 14.7. The molecule has 0 radical (unpaired) electrons. The van der Waals surface area contributed by atoms with Gasteiger partial charge in [-0.2, -0.15) is 5.10 Å². The SMILES string of the molecule is Cn1ccnc1Sc1ccc(NC(=O)Cn2ncc(=O)c3ccccc32)cc1. The molecular formula is C20H17N5O2S. The van der Waals surface area contributed by atoms with E-state index in [1.54, 1.807) is 36.2 Å². The van der Waals surface area contributed by atoms with E-state index in [-0.39, 0.29) is 17.9 Å². The summed E-state index contributed by atoms with van der Waals surface area (Å²) in [4.78, 5) is 29.6. The molecule has 0 aliphatic carbocycles. The third-order valence-electron chi connectivity index (χ3n) is 4.18. The van der Waals surface area contributed by atoms with Crippen molar-refractivity contribution in [3.8, 4) is 0 Å². The van der Waals surface area contributed by atoms with E-state index in [9.17, 15) is 9.59 Å². The molecule has 7 nitrogen and oxygen atoms in total. The van der Waals surface area contributed by atoms with Gasteiger partial charge in [-0.1, -0.05) is 23.9 Å². The van der Waals surface area contributed by atoms with Gasteiger partial charge in [0.1, 0.15) is 6.54 Å². The predicted octanol–water partition coefficient (Wildman–Crippen LogP) is 2.92. The van der Waals surface area contributed by atoms with Crippen molar-refractivity contribution >= 4 is 34.3 Å². The molecule has 2 aromatic carbocycles. The lowest BCUT2D eigenvalue weighted by Gasteiger charge is -2.10. The minimum Gasteiger partial charge on any atom is -0.329 e. The fraction of sp³-hybridized carbons (Fsp3) is 0.100. The van der Waals surface area contributed by atoms with Crippen molar-refractivity contribution in [2.45, 2.75) is 16.6 Å². The van der Waals surface area contributed by atoms with Crippen molar-refractivity contribution in [2.24, 2.45) is 7.05 Å². The number of aryl methyl sites for hydroxylation is 1. The second-order valence-corrected chi connectivity index (χ2v) is 7.22. The number of carbonyl (C=O) groups is 1. The second-order valence-electron chi connectivity index (χ2n) is 6.18. The lowest BCUT2D eigenvalue weighted by Crippen LogP contribution is -2.22. The summed E-state index contributed by atoms with van der Waals surface area (Å²) in [6.45, 7) is 0.0184. The molecule has 4 rings (SSSR count). The van der Waals surface area contributed by atoms with Crippen molar-refractivity contribution in [1.82, 2.24) is 19.3 Å². The molecule has 1 N–H and O–H groups in total. The molecule has 0 aliphatic heterocycles. The number of amides is 1. The Bertz CT molecular complexity index is 1200. The predicted molar refractivity (Wildman–Crippen MR) is 108 cm³/mol. The lowest BCUT2D eigenvalue weighted by molar-refractivity contribution is -0.116. The number of benzene rings is 2. The zero-order chi connectivity index (χ0) is 19.5. The van der Waals surface area contributed by atoms with Crippen LogP contribution in [0.1, 0.15) is 0 Å². The Labute approximate surface area is 165 Å². The Morgan fingerprint density at radius 3 is 2.68 bits per heavy atom. The summed E-state index contributed by atoms with van der Waals surface area (Å²) in [5.41, 5.74) is 1.17. The van der Waals surface area contributed by atoms with E-state index < -0.39 is 0 Å². The molecule has 140 valence electrons. The van der Waals surface area contributed by atoms with Gasteiger partial charge in [0, 0.05) is 35.4 Å². The molecule has 2 aromatic heterocycles. The van der Waals surface area contributed by atoms with E-state index in [0.717, 1.165) is 10.1 Å². The third kappa shape index (κ3) is 3.81. The standard InChI is InChI=1S/C20H17N5O2S/c1-24-11-10-21-20(24)28-15-8-6-14(7-9-15)23-19(27)13-25-17-5-3-2-4-16(17)18(26)12-22-25/h2-12H,13H2,1H3,(H,23,27). The largest absolute Gasteiger partial charge is 0.329 e. The van der Waals surface area contributed by atoms with Gasteiger partial charge in [0.2, 0.25) is 11.3 Å². The van der Waals surface area contributed by atoms with Crippen LogP contribution in [0.2, 0.25) is 0 Å². The molecule has 0 bridgehead atoms. The number of hydrogen-bond acceptors (Lipinski definition) is 5. The van der Waals surface area contributed by atoms with Crippen LogP contribution < -0.4 is 10.7 Å². The first kappa shape index (κ1) is 18.0. The van der Waals surface area contributed by atoms with Gasteiger partial charge in [-0.15, -0.1) is 0 Å². The van der Waals surface area contributed by atoms with Gasteiger partial charge >= 0.3 is 0 Å². The van der Waals surface area contributed by atoms with Crippen LogP contribution in [0.25, 0.3) is 10.9 Å². The summed E-state index contributed by atoms with van der Waals surface area (Å²) in [5, 5.41) is 8.38. The number of hydrogen-bond donors (Lipinski definition) is 1. The van der Waals surface area contributed by atoms with Gasteiger partial charge in [0.05, 0.1) is 11.7 Å². The number of nitrogens with zero attached hydrogens (tertiary/aromatic N) is 4. The van der Waals surface area contributed by atoms with Gasteiger partial charge in [0.25, 0.3) is 0 Å². The summed E-state index contributed by atoms with van der Waals surface area (Å²) >= 11 is 1.55. The fourth-order valence-electron chi connectivity index (χ4n) is 2.79. The molecule has 0 atom stereocenters. The van der Waals surface area contributed by atoms with Crippen LogP contribution in [0.4, 0.5) is 5.69 Å². The van der Waals surface area contributed by atoms with Gasteiger partial charge in [-0.05, 0) is 36.4 Å². The average molecular weight is 391 g/mol. The minimum atomic E-state index is -0.217. The third-order valence-corrected chi connectivity index (χ3v) is 5.26. The van der Waals surface area contributed by atoms with Crippen LogP contribution in [0.5, 0.6) is 0 Å². The Morgan fingerprint density at radius 1 is 1.14 bits per heavy atom. The maximum absolute atomic E-state index is 12.4. The Balaban J connectivity index is 1.45. The first-order chi connectivity index (χ1) is 13.6.